The number of hydrogen-bond acceptors (Lipinski definition) is 3. The second kappa shape index (κ2) is 3.83. The zero-order valence-electron chi connectivity index (χ0n) is 8.03. The predicted molar refractivity (Wildman–Crippen MR) is 56.4 cm³/mol. The Hall–Kier alpha value is -0.670. The summed E-state index contributed by atoms with van der Waals surface area (Å²) in [5, 5.41) is 12.0. The van der Waals surface area contributed by atoms with Crippen LogP contribution in [0.4, 0.5) is 0 Å². The van der Waals surface area contributed by atoms with Crippen molar-refractivity contribution in [3.63, 3.8) is 0 Å². The monoisotopic (exact) mass is 210 g/mol. The van der Waals surface area contributed by atoms with Crippen LogP contribution < -0.4 is 0 Å². The van der Waals surface area contributed by atoms with E-state index in [1.54, 1.807) is 11.3 Å². The number of Topliss-reactive ketones (excluding diaryl/α,β-unsaturated/α-hetero) is 1. The molecular formula is C11H14O2S. The number of carbonyl (C=O) groups is 1. The van der Waals surface area contributed by atoms with Crippen LogP contribution in [0.2, 0.25) is 0 Å². The molecule has 0 unspecified atom stereocenters. The molecule has 1 saturated carbocycles. The SMILES string of the molecule is O=C(Cc1cccs1)C1(O)CCCC1. The van der Waals surface area contributed by atoms with Gasteiger partial charge < -0.3 is 5.11 Å². The van der Waals surface area contributed by atoms with Gasteiger partial charge in [0.25, 0.3) is 0 Å². The molecule has 0 amide bonds. The maximum Gasteiger partial charge on any atom is 0.169 e. The lowest BCUT2D eigenvalue weighted by molar-refractivity contribution is -0.135. The minimum absolute atomic E-state index is 0.00236. The topological polar surface area (TPSA) is 37.3 Å². The fraction of sp³-hybridized carbons (Fsp3) is 0.545. The highest BCUT2D eigenvalue weighted by Gasteiger charge is 2.38. The van der Waals surface area contributed by atoms with Crippen LogP contribution in [0.1, 0.15) is 30.6 Å². The van der Waals surface area contributed by atoms with Crippen LogP contribution in [-0.4, -0.2) is 16.5 Å². The molecule has 1 fully saturated rings. The molecule has 2 rings (SSSR count). The Bertz CT molecular complexity index is 310. The van der Waals surface area contributed by atoms with Crippen LogP contribution in [0.5, 0.6) is 0 Å². The van der Waals surface area contributed by atoms with E-state index in [2.05, 4.69) is 0 Å². The first-order valence-electron chi connectivity index (χ1n) is 4.99. The molecule has 76 valence electrons. The van der Waals surface area contributed by atoms with Crippen LogP contribution in [-0.2, 0) is 11.2 Å². The first kappa shape index (κ1) is 9.87. The first-order chi connectivity index (χ1) is 6.71. The molecule has 1 aromatic rings. The zero-order valence-corrected chi connectivity index (χ0v) is 8.85. The van der Waals surface area contributed by atoms with Gasteiger partial charge in [0.1, 0.15) is 5.60 Å². The number of hydrogen-bond donors (Lipinski definition) is 1. The van der Waals surface area contributed by atoms with Crippen LogP contribution in [0.25, 0.3) is 0 Å². The van der Waals surface area contributed by atoms with Crippen molar-refractivity contribution in [1.82, 2.24) is 0 Å². The molecule has 0 aliphatic heterocycles. The number of carbonyl (C=O) groups excluding carboxylic acids is 1. The van der Waals surface area contributed by atoms with E-state index in [0.29, 0.717) is 19.3 Å². The summed E-state index contributed by atoms with van der Waals surface area (Å²) in [7, 11) is 0. The highest BCUT2D eigenvalue weighted by molar-refractivity contribution is 7.10. The summed E-state index contributed by atoms with van der Waals surface area (Å²) in [6.45, 7) is 0. The molecular weight excluding hydrogens is 196 g/mol. The minimum Gasteiger partial charge on any atom is -0.382 e. The Kier molecular flexibility index (Phi) is 2.70. The van der Waals surface area contributed by atoms with Crippen molar-refractivity contribution < 1.29 is 9.90 Å². The number of rotatable bonds is 3. The van der Waals surface area contributed by atoms with Gasteiger partial charge in [-0.05, 0) is 37.1 Å². The lowest BCUT2D eigenvalue weighted by Gasteiger charge is -2.19. The Morgan fingerprint density at radius 2 is 2.21 bits per heavy atom. The third-order valence-corrected chi connectivity index (χ3v) is 3.74. The average Bonchev–Trinajstić information content (AvgIpc) is 2.76. The van der Waals surface area contributed by atoms with Crippen molar-refractivity contribution >= 4 is 17.1 Å². The zero-order chi connectivity index (χ0) is 10.0. The van der Waals surface area contributed by atoms with E-state index >= 15 is 0 Å². The molecule has 0 atom stereocenters. The van der Waals surface area contributed by atoms with Gasteiger partial charge in [0.15, 0.2) is 5.78 Å². The average molecular weight is 210 g/mol. The molecule has 14 heavy (non-hydrogen) atoms. The van der Waals surface area contributed by atoms with Gasteiger partial charge in [-0.3, -0.25) is 4.79 Å². The third-order valence-electron chi connectivity index (χ3n) is 2.86. The fourth-order valence-electron chi connectivity index (χ4n) is 1.97. The van der Waals surface area contributed by atoms with Gasteiger partial charge in [0, 0.05) is 11.3 Å². The first-order valence-corrected chi connectivity index (χ1v) is 5.87. The number of aliphatic hydroxyl groups is 1. The lowest BCUT2D eigenvalue weighted by Crippen LogP contribution is -2.36. The van der Waals surface area contributed by atoms with Gasteiger partial charge in [0.05, 0.1) is 0 Å². The Morgan fingerprint density at radius 1 is 1.50 bits per heavy atom. The second-order valence-electron chi connectivity index (χ2n) is 3.92. The summed E-state index contributed by atoms with van der Waals surface area (Å²) >= 11 is 1.58. The van der Waals surface area contributed by atoms with Crippen LogP contribution >= 0.6 is 11.3 Å². The maximum atomic E-state index is 11.8. The highest BCUT2D eigenvalue weighted by atomic mass is 32.1. The largest absolute Gasteiger partial charge is 0.382 e. The van der Waals surface area contributed by atoms with E-state index in [0.717, 1.165) is 17.7 Å². The third kappa shape index (κ3) is 1.88. The molecule has 0 radical (unpaired) electrons. The summed E-state index contributed by atoms with van der Waals surface area (Å²) in [6, 6.07) is 3.88. The quantitative estimate of drug-likeness (QED) is 0.830. The number of thiophene rings is 1. The van der Waals surface area contributed by atoms with E-state index in [1.807, 2.05) is 17.5 Å². The summed E-state index contributed by atoms with van der Waals surface area (Å²) in [5.74, 6) is -0.00236. The van der Waals surface area contributed by atoms with E-state index in [9.17, 15) is 9.90 Å². The summed E-state index contributed by atoms with van der Waals surface area (Å²) < 4.78 is 0. The predicted octanol–water partition coefficient (Wildman–Crippen LogP) is 2.16. The van der Waals surface area contributed by atoms with Gasteiger partial charge in [-0.25, -0.2) is 0 Å². The molecule has 1 N–H and O–H groups in total. The van der Waals surface area contributed by atoms with Crippen molar-refractivity contribution in [3.05, 3.63) is 22.4 Å². The summed E-state index contributed by atoms with van der Waals surface area (Å²) in [4.78, 5) is 12.8. The lowest BCUT2D eigenvalue weighted by atomic mass is 9.94. The molecule has 1 heterocycles. The van der Waals surface area contributed by atoms with Crippen LogP contribution in [0, 0.1) is 0 Å². The van der Waals surface area contributed by atoms with Crippen molar-refractivity contribution in [2.24, 2.45) is 0 Å². The molecule has 1 aromatic heterocycles. The van der Waals surface area contributed by atoms with Gasteiger partial charge in [-0.15, -0.1) is 11.3 Å². The Balaban J connectivity index is 2.02. The van der Waals surface area contributed by atoms with E-state index < -0.39 is 5.60 Å². The molecule has 0 bridgehead atoms. The van der Waals surface area contributed by atoms with E-state index in [4.69, 9.17) is 0 Å². The normalized spacial score (nSPS) is 19.8. The highest BCUT2D eigenvalue weighted by Crippen LogP contribution is 2.31. The van der Waals surface area contributed by atoms with E-state index in [-0.39, 0.29) is 5.78 Å². The molecule has 3 heteroatoms. The van der Waals surface area contributed by atoms with Gasteiger partial charge in [-0.1, -0.05) is 6.07 Å². The van der Waals surface area contributed by atoms with Crippen LogP contribution in [0.15, 0.2) is 17.5 Å². The van der Waals surface area contributed by atoms with Gasteiger partial charge >= 0.3 is 0 Å². The molecule has 2 nitrogen and oxygen atoms in total. The van der Waals surface area contributed by atoms with Crippen molar-refractivity contribution in [1.29, 1.82) is 0 Å². The molecule has 0 aromatic carbocycles. The fourth-order valence-corrected chi connectivity index (χ4v) is 2.68. The number of ketones is 1. The standard InChI is InChI=1S/C11H14O2S/c12-10(8-9-4-3-7-14-9)11(13)5-1-2-6-11/h3-4,7,13H,1-2,5-6,8H2. The Morgan fingerprint density at radius 3 is 2.79 bits per heavy atom. The smallest absolute Gasteiger partial charge is 0.169 e. The van der Waals surface area contributed by atoms with Crippen molar-refractivity contribution in [2.45, 2.75) is 37.7 Å². The molecule has 0 saturated heterocycles. The summed E-state index contributed by atoms with van der Waals surface area (Å²) in [5.41, 5.74) is -1.01. The van der Waals surface area contributed by atoms with Crippen molar-refractivity contribution in [3.8, 4) is 0 Å². The van der Waals surface area contributed by atoms with Gasteiger partial charge in [-0.2, -0.15) is 0 Å². The summed E-state index contributed by atoms with van der Waals surface area (Å²) in [6.07, 6.45) is 3.65. The Labute approximate surface area is 87.6 Å². The molecule has 1 aliphatic rings. The maximum absolute atomic E-state index is 11.8. The second-order valence-corrected chi connectivity index (χ2v) is 4.95. The molecule has 0 spiro atoms. The van der Waals surface area contributed by atoms with Crippen molar-refractivity contribution in [2.75, 3.05) is 0 Å². The van der Waals surface area contributed by atoms with E-state index in [1.165, 1.54) is 0 Å². The van der Waals surface area contributed by atoms with Gasteiger partial charge in [0.2, 0.25) is 0 Å². The molecule has 1 aliphatic carbocycles. The minimum atomic E-state index is -1.01. The van der Waals surface area contributed by atoms with Crippen LogP contribution in [0.3, 0.4) is 0 Å².